The van der Waals surface area contributed by atoms with Crippen LogP contribution in [0.4, 0.5) is 0 Å². The Kier molecular flexibility index (Phi) is 7.59. The predicted molar refractivity (Wildman–Crippen MR) is 98.4 cm³/mol. The van der Waals surface area contributed by atoms with Gasteiger partial charge in [0.25, 0.3) is 0 Å². The largest absolute Gasteiger partial charge is 0.489 e. The van der Waals surface area contributed by atoms with Crippen LogP contribution in [-0.2, 0) is 20.9 Å². The maximum atomic E-state index is 11.9. The van der Waals surface area contributed by atoms with Crippen LogP contribution in [0.1, 0.15) is 16.7 Å². The van der Waals surface area contributed by atoms with Crippen LogP contribution in [0.15, 0.2) is 54.1 Å². The zero-order chi connectivity index (χ0) is 19.5. The van der Waals surface area contributed by atoms with Crippen LogP contribution in [0.3, 0.4) is 0 Å². The van der Waals surface area contributed by atoms with Gasteiger partial charge in [0.1, 0.15) is 30.6 Å². The molecule has 0 aliphatic rings. The standard InChI is InChI=1S/C21H18N2O4/c1-25-8-9-26-21(24)19(14-23)11-16-4-3-7-20(12-16)27-15-18-6-2-5-17(10-18)13-22/h2-7,10-12H,8-9,15H2,1H3/b19-11+. The van der Waals surface area contributed by atoms with Crippen LogP contribution in [-0.4, -0.2) is 26.3 Å². The Labute approximate surface area is 157 Å². The molecule has 2 rings (SSSR count). The molecule has 27 heavy (non-hydrogen) atoms. The smallest absolute Gasteiger partial charge is 0.348 e. The predicted octanol–water partition coefficient (Wildman–Crippen LogP) is 3.23. The highest BCUT2D eigenvalue weighted by atomic mass is 16.6. The summed E-state index contributed by atoms with van der Waals surface area (Å²) >= 11 is 0. The molecule has 0 unspecified atom stereocenters. The summed E-state index contributed by atoms with van der Waals surface area (Å²) < 4.78 is 15.5. The van der Waals surface area contributed by atoms with Crippen LogP contribution >= 0.6 is 0 Å². The van der Waals surface area contributed by atoms with Crippen molar-refractivity contribution in [2.24, 2.45) is 0 Å². The van der Waals surface area contributed by atoms with Gasteiger partial charge in [-0.1, -0.05) is 24.3 Å². The topological polar surface area (TPSA) is 92.3 Å². The first-order valence-electron chi connectivity index (χ1n) is 8.16. The summed E-state index contributed by atoms with van der Waals surface area (Å²) in [5, 5.41) is 18.1. The van der Waals surface area contributed by atoms with Gasteiger partial charge in [-0.2, -0.15) is 10.5 Å². The monoisotopic (exact) mass is 362 g/mol. The van der Waals surface area contributed by atoms with Gasteiger partial charge in [0.15, 0.2) is 0 Å². The van der Waals surface area contributed by atoms with E-state index in [2.05, 4.69) is 6.07 Å². The van der Waals surface area contributed by atoms with Crippen molar-refractivity contribution in [2.45, 2.75) is 6.61 Å². The second kappa shape index (κ2) is 10.4. The Balaban J connectivity index is 2.06. The third kappa shape index (κ3) is 6.32. The molecule has 6 nitrogen and oxygen atoms in total. The lowest BCUT2D eigenvalue weighted by Gasteiger charge is -2.08. The van der Waals surface area contributed by atoms with Crippen molar-refractivity contribution in [1.82, 2.24) is 0 Å². The molecule has 0 fully saturated rings. The van der Waals surface area contributed by atoms with E-state index in [4.69, 9.17) is 19.5 Å². The van der Waals surface area contributed by atoms with Gasteiger partial charge in [-0.25, -0.2) is 4.79 Å². The van der Waals surface area contributed by atoms with E-state index >= 15 is 0 Å². The van der Waals surface area contributed by atoms with Crippen molar-refractivity contribution >= 4 is 12.0 Å². The molecule has 0 spiro atoms. The summed E-state index contributed by atoms with van der Waals surface area (Å²) in [6.45, 7) is 0.646. The molecule has 0 atom stereocenters. The fourth-order valence-corrected chi connectivity index (χ4v) is 2.19. The Bertz CT molecular complexity index is 907. The summed E-state index contributed by atoms with van der Waals surface area (Å²) in [4.78, 5) is 11.9. The van der Waals surface area contributed by atoms with E-state index in [0.717, 1.165) is 5.56 Å². The highest BCUT2D eigenvalue weighted by molar-refractivity contribution is 5.97. The number of esters is 1. The van der Waals surface area contributed by atoms with Crippen LogP contribution < -0.4 is 4.74 Å². The summed E-state index contributed by atoms with van der Waals surface area (Å²) in [5.74, 6) is -0.120. The highest BCUT2D eigenvalue weighted by Gasteiger charge is 2.10. The minimum absolute atomic E-state index is 0.0826. The van der Waals surface area contributed by atoms with Gasteiger partial charge in [-0.3, -0.25) is 0 Å². The number of nitrogens with zero attached hydrogens (tertiary/aromatic N) is 2. The van der Waals surface area contributed by atoms with Crippen molar-refractivity contribution in [3.8, 4) is 17.9 Å². The average Bonchev–Trinajstić information content (AvgIpc) is 2.71. The number of methoxy groups -OCH3 is 1. The number of rotatable bonds is 8. The fourth-order valence-electron chi connectivity index (χ4n) is 2.19. The van der Waals surface area contributed by atoms with E-state index in [-0.39, 0.29) is 18.8 Å². The Morgan fingerprint density at radius 3 is 2.67 bits per heavy atom. The van der Waals surface area contributed by atoms with E-state index in [9.17, 15) is 10.1 Å². The molecule has 136 valence electrons. The second-order valence-electron chi connectivity index (χ2n) is 5.47. The van der Waals surface area contributed by atoms with Crippen molar-refractivity contribution in [1.29, 1.82) is 10.5 Å². The fraction of sp³-hybridized carbons (Fsp3) is 0.190. The molecule has 0 heterocycles. The molecule has 0 bridgehead atoms. The number of nitriles is 2. The zero-order valence-electron chi connectivity index (χ0n) is 14.8. The Morgan fingerprint density at radius 2 is 1.93 bits per heavy atom. The van der Waals surface area contributed by atoms with Gasteiger partial charge in [0.2, 0.25) is 0 Å². The van der Waals surface area contributed by atoms with Crippen molar-refractivity contribution < 1.29 is 19.0 Å². The van der Waals surface area contributed by atoms with E-state index in [1.54, 1.807) is 42.5 Å². The third-order valence-corrected chi connectivity index (χ3v) is 3.49. The molecule has 0 amide bonds. The third-order valence-electron chi connectivity index (χ3n) is 3.49. The highest BCUT2D eigenvalue weighted by Crippen LogP contribution is 2.18. The van der Waals surface area contributed by atoms with Gasteiger partial charge >= 0.3 is 5.97 Å². The normalized spacial score (nSPS) is 10.6. The maximum absolute atomic E-state index is 11.9. The van der Waals surface area contributed by atoms with Crippen LogP contribution in [0.2, 0.25) is 0 Å². The minimum Gasteiger partial charge on any atom is -0.489 e. The van der Waals surface area contributed by atoms with Gasteiger partial charge in [-0.15, -0.1) is 0 Å². The molecular weight excluding hydrogens is 344 g/mol. The van der Waals surface area contributed by atoms with E-state index in [0.29, 0.717) is 23.5 Å². The van der Waals surface area contributed by atoms with E-state index in [1.165, 1.54) is 13.2 Å². The first-order valence-corrected chi connectivity index (χ1v) is 8.16. The summed E-state index contributed by atoms with van der Waals surface area (Å²) in [6, 6.07) is 18.1. The summed E-state index contributed by atoms with van der Waals surface area (Å²) in [6.07, 6.45) is 1.44. The van der Waals surface area contributed by atoms with Crippen LogP contribution in [0.25, 0.3) is 6.08 Å². The molecule has 0 saturated carbocycles. The second-order valence-corrected chi connectivity index (χ2v) is 5.47. The van der Waals surface area contributed by atoms with Gasteiger partial charge < -0.3 is 14.2 Å². The van der Waals surface area contributed by atoms with Crippen molar-refractivity contribution in [3.63, 3.8) is 0 Å². The number of carbonyl (C=O) groups excluding carboxylic acids is 1. The Morgan fingerprint density at radius 1 is 1.11 bits per heavy atom. The zero-order valence-corrected chi connectivity index (χ0v) is 14.8. The molecule has 0 aromatic heterocycles. The van der Waals surface area contributed by atoms with Crippen molar-refractivity contribution in [3.05, 3.63) is 70.8 Å². The molecular formula is C21H18N2O4. The molecule has 0 aliphatic carbocycles. The summed E-state index contributed by atoms with van der Waals surface area (Å²) in [5.41, 5.74) is 1.97. The average molecular weight is 362 g/mol. The SMILES string of the molecule is COCCOC(=O)/C(C#N)=C/c1cccc(OCc2cccc(C#N)c2)c1. The quantitative estimate of drug-likeness (QED) is 0.310. The number of ether oxygens (including phenoxy) is 3. The number of benzene rings is 2. The van der Waals surface area contributed by atoms with Gasteiger partial charge in [0.05, 0.1) is 18.2 Å². The number of carbonyl (C=O) groups is 1. The molecule has 0 aliphatic heterocycles. The molecule has 0 saturated heterocycles. The summed E-state index contributed by atoms with van der Waals surface area (Å²) in [7, 11) is 1.50. The molecule has 2 aromatic carbocycles. The first-order chi connectivity index (χ1) is 13.2. The molecule has 0 N–H and O–H groups in total. The number of hydrogen-bond donors (Lipinski definition) is 0. The molecule has 0 radical (unpaired) electrons. The lowest BCUT2D eigenvalue weighted by Crippen LogP contribution is -2.11. The van der Waals surface area contributed by atoms with Crippen molar-refractivity contribution in [2.75, 3.05) is 20.3 Å². The Hall–Kier alpha value is -3.61. The lowest BCUT2D eigenvalue weighted by atomic mass is 10.1. The number of hydrogen-bond acceptors (Lipinski definition) is 6. The lowest BCUT2D eigenvalue weighted by molar-refractivity contribution is -0.139. The molecule has 2 aromatic rings. The van der Waals surface area contributed by atoms with E-state index in [1.807, 2.05) is 12.1 Å². The van der Waals surface area contributed by atoms with Gasteiger partial charge in [0, 0.05) is 7.11 Å². The van der Waals surface area contributed by atoms with Crippen LogP contribution in [0, 0.1) is 22.7 Å². The molecule has 6 heteroatoms. The van der Waals surface area contributed by atoms with Crippen LogP contribution in [0.5, 0.6) is 5.75 Å². The van der Waals surface area contributed by atoms with Gasteiger partial charge in [-0.05, 0) is 41.5 Å². The first kappa shape index (κ1) is 19.7. The minimum atomic E-state index is -0.700. The maximum Gasteiger partial charge on any atom is 0.348 e. The van der Waals surface area contributed by atoms with E-state index < -0.39 is 5.97 Å².